The maximum Gasteiger partial charge on any atom is 0.306 e. The van der Waals surface area contributed by atoms with E-state index < -0.39 is 18.2 Å². The van der Waals surface area contributed by atoms with Gasteiger partial charge in [-0.25, -0.2) is 0 Å². The maximum absolute atomic E-state index is 13.2. The highest BCUT2D eigenvalue weighted by Crippen LogP contribution is 2.16. The Morgan fingerprint density at radius 3 is 1.38 bits per heavy atom. The summed E-state index contributed by atoms with van der Waals surface area (Å²) in [6, 6.07) is -0.735. The molecule has 0 radical (unpaired) electrons. The predicted octanol–water partition coefficient (Wildman–Crippen LogP) is 16.0. The molecule has 63 heavy (non-hydrogen) atoms. The lowest BCUT2D eigenvalue weighted by molar-refractivity contribution is -0.150. The molecule has 0 fully saturated rings. The largest absolute Gasteiger partial charge is 0.461 e. The third-order valence-electron chi connectivity index (χ3n) is 11.5. The second-order valence-electron chi connectivity index (χ2n) is 17.5. The van der Waals surface area contributed by atoms with Crippen LogP contribution in [0.15, 0.2) is 85.1 Å². The molecule has 362 valence electrons. The van der Waals surface area contributed by atoms with Crippen LogP contribution in [0.4, 0.5) is 0 Å². The summed E-state index contributed by atoms with van der Waals surface area (Å²) in [6.07, 6.45) is 65.2. The van der Waals surface area contributed by atoms with Gasteiger partial charge in [-0.05, 0) is 77.0 Å². The van der Waals surface area contributed by atoms with Crippen LogP contribution in [0.25, 0.3) is 0 Å². The number of aliphatic hydroxyl groups is 2. The van der Waals surface area contributed by atoms with Crippen molar-refractivity contribution in [1.29, 1.82) is 0 Å². The number of unbranched alkanes of at least 4 members (excludes halogenated alkanes) is 21. The van der Waals surface area contributed by atoms with Crippen LogP contribution >= 0.6 is 0 Å². The molecular weight excluding hydrogens is 779 g/mol. The van der Waals surface area contributed by atoms with Gasteiger partial charge >= 0.3 is 5.97 Å². The van der Waals surface area contributed by atoms with E-state index in [9.17, 15) is 19.8 Å². The Morgan fingerprint density at radius 2 is 0.889 bits per heavy atom. The molecule has 0 rings (SSSR count). The highest BCUT2D eigenvalue weighted by molar-refractivity contribution is 5.77. The summed E-state index contributed by atoms with van der Waals surface area (Å²) in [5.74, 6) is -0.587. The second kappa shape index (κ2) is 50.0. The first-order valence-electron chi connectivity index (χ1n) is 26.3. The molecule has 6 heteroatoms. The Bertz CT molecular complexity index is 1210. The predicted molar refractivity (Wildman–Crippen MR) is 273 cm³/mol. The van der Waals surface area contributed by atoms with Crippen molar-refractivity contribution in [3.63, 3.8) is 0 Å². The number of hydrogen-bond acceptors (Lipinski definition) is 5. The van der Waals surface area contributed by atoms with Gasteiger partial charge in [0, 0.05) is 12.8 Å². The first-order valence-corrected chi connectivity index (χ1v) is 26.3. The Morgan fingerprint density at radius 1 is 0.492 bits per heavy atom. The van der Waals surface area contributed by atoms with Crippen LogP contribution in [0.5, 0.6) is 0 Å². The Labute approximate surface area is 389 Å². The molecule has 3 N–H and O–H groups in total. The van der Waals surface area contributed by atoms with Crippen LogP contribution in [0, 0.1) is 0 Å². The third kappa shape index (κ3) is 45.4. The molecule has 0 aliphatic heterocycles. The molecule has 6 nitrogen and oxygen atoms in total. The van der Waals surface area contributed by atoms with Gasteiger partial charge in [0.1, 0.15) is 6.10 Å². The van der Waals surface area contributed by atoms with Crippen molar-refractivity contribution in [2.75, 3.05) is 6.61 Å². The number of rotatable bonds is 46. The standard InChI is InChI=1S/C57H99NO5/c1-4-7-10-13-16-19-22-24-26-27-28-29-31-33-35-38-41-44-47-50-57(62)63-53(48-45-42-39-36-34-32-30-25-23-20-17-14-11-8-5-2)51-56(61)58-54(52-59)55(60)49-46-43-40-37-21-18-15-12-9-6-3/h8,11,16-17,19-20,24-26,30,34,36,42,45,53-55,59-60H,4-7,9-10,12-15,18,21-23,27-29,31-33,35,37-41,43-44,46-52H2,1-3H3,(H,58,61)/b11-8-,19-16-,20-17-,26-24-,30-25-,36-34-,45-42-. The second-order valence-corrected chi connectivity index (χ2v) is 17.5. The molecule has 0 bridgehead atoms. The third-order valence-corrected chi connectivity index (χ3v) is 11.5. The average molecular weight is 878 g/mol. The van der Waals surface area contributed by atoms with Crippen LogP contribution in [-0.2, 0) is 14.3 Å². The minimum atomic E-state index is -0.815. The summed E-state index contributed by atoms with van der Waals surface area (Å²) >= 11 is 0. The Hall–Kier alpha value is -2.96. The van der Waals surface area contributed by atoms with Gasteiger partial charge in [0.05, 0.1) is 25.2 Å². The van der Waals surface area contributed by atoms with E-state index in [-0.39, 0.29) is 24.9 Å². The quantitative estimate of drug-likeness (QED) is 0.0322. The fraction of sp³-hybridized carbons (Fsp3) is 0.719. The van der Waals surface area contributed by atoms with E-state index >= 15 is 0 Å². The highest BCUT2D eigenvalue weighted by Gasteiger charge is 2.23. The van der Waals surface area contributed by atoms with E-state index in [1.807, 2.05) is 12.2 Å². The van der Waals surface area contributed by atoms with E-state index in [0.29, 0.717) is 19.3 Å². The van der Waals surface area contributed by atoms with Gasteiger partial charge in [-0.3, -0.25) is 9.59 Å². The molecular formula is C57H99NO5. The van der Waals surface area contributed by atoms with Gasteiger partial charge in [-0.15, -0.1) is 0 Å². The normalized spacial score (nSPS) is 13.9. The summed E-state index contributed by atoms with van der Waals surface area (Å²) in [5, 5.41) is 23.7. The average Bonchev–Trinajstić information content (AvgIpc) is 3.28. The minimum absolute atomic E-state index is 0.00560. The van der Waals surface area contributed by atoms with E-state index in [4.69, 9.17) is 4.74 Å². The summed E-state index contributed by atoms with van der Waals surface area (Å²) in [4.78, 5) is 26.1. The smallest absolute Gasteiger partial charge is 0.306 e. The first-order chi connectivity index (χ1) is 31.0. The van der Waals surface area contributed by atoms with Crippen LogP contribution in [0.2, 0.25) is 0 Å². The van der Waals surface area contributed by atoms with Gasteiger partial charge in [-0.1, -0.05) is 228 Å². The number of ether oxygens (including phenoxy) is 1. The fourth-order valence-electron chi connectivity index (χ4n) is 7.48. The van der Waals surface area contributed by atoms with E-state index in [1.165, 1.54) is 116 Å². The zero-order valence-corrected chi connectivity index (χ0v) is 41.2. The Kier molecular flexibility index (Phi) is 47.7. The lowest BCUT2D eigenvalue weighted by atomic mass is 10.0. The van der Waals surface area contributed by atoms with Gasteiger partial charge in [0.15, 0.2) is 0 Å². The van der Waals surface area contributed by atoms with Crippen molar-refractivity contribution in [2.24, 2.45) is 0 Å². The van der Waals surface area contributed by atoms with E-state index in [1.54, 1.807) is 0 Å². The minimum Gasteiger partial charge on any atom is -0.461 e. The molecule has 0 saturated heterocycles. The van der Waals surface area contributed by atoms with E-state index in [2.05, 4.69) is 99.0 Å². The molecule has 0 aliphatic rings. The molecule has 0 aromatic rings. The fourth-order valence-corrected chi connectivity index (χ4v) is 7.48. The number of aliphatic hydroxyl groups excluding tert-OH is 2. The summed E-state index contributed by atoms with van der Waals surface area (Å²) in [7, 11) is 0. The SMILES string of the molecule is CC/C=C\C/C=C\C/C=C\C/C=C\C/C=C\CC(CC(=O)NC(CO)C(O)CCCCCCCCCCCC)OC(=O)CCCCCCCCCCC/C=C\C/C=C\CCCCC. The highest BCUT2D eigenvalue weighted by atomic mass is 16.5. The Balaban J connectivity index is 4.68. The molecule has 3 unspecified atom stereocenters. The van der Waals surface area contributed by atoms with Crippen molar-refractivity contribution < 1.29 is 24.5 Å². The summed E-state index contributed by atoms with van der Waals surface area (Å²) in [6.45, 7) is 6.30. The molecule has 0 spiro atoms. The molecule has 1 amide bonds. The van der Waals surface area contributed by atoms with Crippen LogP contribution in [0.3, 0.4) is 0 Å². The molecule has 0 saturated carbocycles. The van der Waals surface area contributed by atoms with Crippen molar-refractivity contribution in [2.45, 2.75) is 257 Å². The molecule has 0 heterocycles. The monoisotopic (exact) mass is 878 g/mol. The lowest BCUT2D eigenvalue weighted by Crippen LogP contribution is -2.46. The summed E-state index contributed by atoms with van der Waals surface area (Å²) < 4.78 is 5.87. The van der Waals surface area contributed by atoms with Crippen LogP contribution < -0.4 is 5.32 Å². The molecule has 3 atom stereocenters. The van der Waals surface area contributed by atoms with Gasteiger partial charge in [0.2, 0.25) is 5.91 Å². The number of carbonyl (C=O) groups is 2. The molecule has 0 aromatic heterocycles. The van der Waals surface area contributed by atoms with Gasteiger partial charge in [0.25, 0.3) is 0 Å². The topological polar surface area (TPSA) is 95.9 Å². The maximum atomic E-state index is 13.2. The zero-order chi connectivity index (χ0) is 45.9. The van der Waals surface area contributed by atoms with Crippen LogP contribution in [0.1, 0.15) is 239 Å². The first kappa shape index (κ1) is 60.0. The number of nitrogens with one attached hydrogen (secondary N) is 1. The number of esters is 1. The molecule has 0 aromatic carbocycles. The van der Waals surface area contributed by atoms with Crippen molar-refractivity contribution in [1.82, 2.24) is 5.32 Å². The number of amides is 1. The van der Waals surface area contributed by atoms with Gasteiger partial charge in [-0.2, -0.15) is 0 Å². The van der Waals surface area contributed by atoms with Crippen molar-refractivity contribution >= 4 is 11.9 Å². The lowest BCUT2D eigenvalue weighted by Gasteiger charge is -2.24. The number of hydrogen-bond donors (Lipinski definition) is 3. The van der Waals surface area contributed by atoms with Gasteiger partial charge < -0.3 is 20.3 Å². The van der Waals surface area contributed by atoms with Crippen molar-refractivity contribution in [3.05, 3.63) is 85.1 Å². The number of carbonyl (C=O) groups excluding carboxylic acids is 2. The summed E-state index contributed by atoms with van der Waals surface area (Å²) in [5.41, 5.74) is 0. The molecule has 0 aliphatic carbocycles. The number of allylic oxidation sites excluding steroid dienone is 13. The van der Waals surface area contributed by atoms with Crippen LogP contribution in [-0.4, -0.2) is 46.9 Å². The zero-order valence-electron chi connectivity index (χ0n) is 41.2. The van der Waals surface area contributed by atoms with E-state index in [0.717, 1.165) is 77.0 Å². The van der Waals surface area contributed by atoms with Crippen molar-refractivity contribution in [3.8, 4) is 0 Å².